The van der Waals surface area contributed by atoms with Gasteiger partial charge in [-0.1, -0.05) is 0 Å². The summed E-state index contributed by atoms with van der Waals surface area (Å²) in [5, 5.41) is 0. The zero-order chi connectivity index (χ0) is 11.6. The van der Waals surface area contributed by atoms with Gasteiger partial charge in [0, 0.05) is 12.1 Å². The van der Waals surface area contributed by atoms with Crippen LogP contribution in [0.25, 0.3) is 0 Å². The topological polar surface area (TPSA) is 26.3 Å². The number of carbonyl (C=O) groups excluding carboxylic acids is 1. The second kappa shape index (κ2) is 4.24. The lowest BCUT2D eigenvalue weighted by Crippen LogP contribution is -2.18. The van der Waals surface area contributed by atoms with Crippen LogP contribution in [0.3, 0.4) is 0 Å². The molecule has 0 saturated heterocycles. The number of halogens is 5. The van der Waals surface area contributed by atoms with Crippen molar-refractivity contribution < 1.29 is 31.5 Å². The van der Waals surface area contributed by atoms with Gasteiger partial charge in [0.05, 0.1) is 0 Å². The van der Waals surface area contributed by atoms with Crippen molar-refractivity contribution in [1.29, 1.82) is 0 Å². The van der Waals surface area contributed by atoms with E-state index in [4.69, 9.17) is 0 Å². The summed E-state index contributed by atoms with van der Waals surface area (Å²) in [6.45, 7) is 0. The standard InChI is InChI=1S/C8H3F5O2/c9-3-1-4(10)6(11)5(2-3)15-8(14)7(12)13/h1-2,7H. The normalized spacial score (nSPS) is 10.5. The van der Waals surface area contributed by atoms with Crippen LogP contribution in [0.5, 0.6) is 5.75 Å². The van der Waals surface area contributed by atoms with Crippen LogP contribution in [0, 0.1) is 17.5 Å². The van der Waals surface area contributed by atoms with Gasteiger partial charge in [-0.15, -0.1) is 0 Å². The van der Waals surface area contributed by atoms with E-state index in [1.165, 1.54) is 0 Å². The average Bonchev–Trinajstić information content (AvgIpc) is 2.13. The van der Waals surface area contributed by atoms with E-state index in [0.717, 1.165) is 0 Å². The molecule has 0 N–H and O–H groups in total. The molecule has 0 spiro atoms. The molecule has 0 amide bonds. The second-order valence-electron chi connectivity index (χ2n) is 2.42. The number of hydrogen-bond acceptors (Lipinski definition) is 2. The first-order valence-corrected chi connectivity index (χ1v) is 3.56. The van der Waals surface area contributed by atoms with Crippen LogP contribution in [0.2, 0.25) is 0 Å². The average molecular weight is 226 g/mol. The van der Waals surface area contributed by atoms with Gasteiger partial charge in [0.25, 0.3) is 0 Å². The quantitative estimate of drug-likeness (QED) is 0.334. The highest BCUT2D eigenvalue weighted by atomic mass is 19.3. The van der Waals surface area contributed by atoms with Crippen LogP contribution < -0.4 is 4.74 Å². The van der Waals surface area contributed by atoms with Crippen molar-refractivity contribution in [3.05, 3.63) is 29.6 Å². The van der Waals surface area contributed by atoms with Crippen LogP contribution in [-0.4, -0.2) is 12.4 Å². The van der Waals surface area contributed by atoms with Gasteiger partial charge in [0.2, 0.25) is 5.82 Å². The third-order valence-electron chi connectivity index (χ3n) is 1.35. The van der Waals surface area contributed by atoms with E-state index in [9.17, 15) is 26.7 Å². The molecule has 0 atom stereocenters. The van der Waals surface area contributed by atoms with Crippen molar-refractivity contribution in [2.45, 2.75) is 6.43 Å². The second-order valence-corrected chi connectivity index (χ2v) is 2.42. The minimum atomic E-state index is -3.50. The number of hydrogen-bond donors (Lipinski definition) is 0. The highest BCUT2D eigenvalue weighted by Gasteiger charge is 2.21. The molecule has 0 aliphatic rings. The van der Waals surface area contributed by atoms with Gasteiger partial charge < -0.3 is 4.74 Å². The van der Waals surface area contributed by atoms with Crippen LogP contribution in [0.1, 0.15) is 0 Å². The van der Waals surface area contributed by atoms with E-state index in [1.807, 2.05) is 0 Å². The molecule has 0 heterocycles. The summed E-state index contributed by atoms with van der Waals surface area (Å²) >= 11 is 0. The number of alkyl halides is 2. The van der Waals surface area contributed by atoms with Gasteiger partial charge in [0.1, 0.15) is 5.82 Å². The predicted molar refractivity (Wildman–Crippen MR) is 38.0 cm³/mol. The molecule has 1 aromatic rings. The Balaban J connectivity index is 2.99. The molecule has 82 valence electrons. The third kappa shape index (κ3) is 2.64. The van der Waals surface area contributed by atoms with Crippen LogP contribution in [0.15, 0.2) is 12.1 Å². The minimum absolute atomic E-state index is 0.190. The Morgan fingerprint density at radius 2 is 1.80 bits per heavy atom. The third-order valence-corrected chi connectivity index (χ3v) is 1.35. The summed E-state index contributed by atoms with van der Waals surface area (Å²) < 4.78 is 64.8. The van der Waals surface area contributed by atoms with Crippen LogP contribution >= 0.6 is 0 Å². The van der Waals surface area contributed by atoms with Crippen molar-refractivity contribution in [3.63, 3.8) is 0 Å². The van der Waals surface area contributed by atoms with E-state index in [-0.39, 0.29) is 6.07 Å². The van der Waals surface area contributed by atoms with Gasteiger partial charge in [-0.05, 0) is 0 Å². The number of ether oxygens (including phenoxy) is 1. The molecule has 1 rings (SSSR count). The highest BCUT2D eigenvalue weighted by molar-refractivity contribution is 5.75. The fraction of sp³-hybridized carbons (Fsp3) is 0.125. The maximum Gasteiger partial charge on any atom is 0.379 e. The van der Waals surface area contributed by atoms with Crippen molar-refractivity contribution in [1.82, 2.24) is 0 Å². The maximum atomic E-state index is 12.7. The fourth-order valence-electron chi connectivity index (χ4n) is 0.760. The first kappa shape index (κ1) is 11.4. The summed E-state index contributed by atoms with van der Waals surface area (Å²) in [5.41, 5.74) is 0. The van der Waals surface area contributed by atoms with Gasteiger partial charge in [-0.2, -0.15) is 13.2 Å². The lowest BCUT2D eigenvalue weighted by Gasteiger charge is -2.05. The van der Waals surface area contributed by atoms with E-state index < -0.39 is 35.6 Å². The number of benzene rings is 1. The lowest BCUT2D eigenvalue weighted by molar-refractivity contribution is -0.146. The molecule has 0 saturated carbocycles. The number of esters is 1. The molecule has 0 aromatic heterocycles. The molecule has 0 fully saturated rings. The molecule has 1 aromatic carbocycles. The first-order chi connectivity index (χ1) is 6.91. The summed E-state index contributed by atoms with van der Waals surface area (Å²) in [4.78, 5) is 10.3. The zero-order valence-corrected chi connectivity index (χ0v) is 6.94. The Morgan fingerprint density at radius 3 is 2.33 bits per heavy atom. The predicted octanol–water partition coefficient (Wildman–Crippen LogP) is 2.27. The Hall–Kier alpha value is -1.66. The Labute approximate surface area is 80.3 Å². The molecule has 0 unspecified atom stereocenters. The summed E-state index contributed by atoms with van der Waals surface area (Å²) in [6, 6.07) is 0.480. The molecule has 2 nitrogen and oxygen atoms in total. The highest BCUT2D eigenvalue weighted by Crippen LogP contribution is 2.22. The molecule has 7 heteroatoms. The lowest BCUT2D eigenvalue weighted by atomic mass is 10.3. The molecule has 15 heavy (non-hydrogen) atoms. The number of carbonyl (C=O) groups is 1. The molecule has 0 aliphatic carbocycles. The Bertz CT molecular complexity index is 391. The van der Waals surface area contributed by atoms with Crippen molar-refractivity contribution in [3.8, 4) is 5.75 Å². The van der Waals surface area contributed by atoms with Crippen molar-refractivity contribution >= 4 is 5.97 Å². The zero-order valence-electron chi connectivity index (χ0n) is 6.94. The molecule has 0 bridgehead atoms. The van der Waals surface area contributed by atoms with E-state index in [1.54, 1.807) is 0 Å². The fourth-order valence-corrected chi connectivity index (χ4v) is 0.760. The largest absolute Gasteiger partial charge is 0.419 e. The summed E-state index contributed by atoms with van der Waals surface area (Å²) in [7, 11) is 0. The SMILES string of the molecule is O=C(Oc1cc(F)cc(F)c1F)C(F)F. The van der Waals surface area contributed by atoms with E-state index in [0.29, 0.717) is 6.07 Å². The Kier molecular flexibility index (Phi) is 3.23. The van der Waals surface area contributed by atoms with Gasteiger partial charge in [0.15, 0.2) is 11.6 Å². The molecule has 0 aliphatic heterocycles. The summed E-state index contributed by atoms with van der Waals surface area (Å²) in [6.07, 6.45) is -3.50. The molecular weight excluding hydrogens is 223 g/mol. The molecular formula is C8H3F5O2. The summed E-state index contributed by atoms with van der Waals surface area (Å²) in [5.74, 6) is -7.87. The first-order valence-electron chi connectivity index (χ1n) is 3.56. The van der Waals surface area contributed by atoms with Crippen molar-refractivity contribution in [2.24, 2.45) is 0 Å². The molecule has 0 radical (unpaired) electrons. The Morgan fingerprint density at radius 1 is 1.20 bits per heavy atom. The van der Waals surface area contributed by atoms with Gasteiger partial charge in [-0.3, -0.25) is 0 Å². The van der Waals surface area contributed by atoms with E-state index in [2.05, 4.69) is 4.74 Å². The smallest absolute Gasteiger partial charge is 0.379 e. The number of rotatable bonds is 2. The van der Waals surface area contributed by atoms with Crippen molar-refractivity contribution in [2.75, 3.05) is 0 Å². The van der Waals surface area contributed by atoms with Gasteiger partial charge >= 0.3 is 12.4 Å². The maximum absolute atomic E-state index is 12.7. The van der Waals surface area contributed by atoms with Crippen LogP contribution in [-0.2, 0) is 4.79 Å². The van der Waals surface area contributed by atoms with E-state index >= 15 is 0 Å². The monoisotopic (exact) mass is 226 g/mol. The minimum Gasteiger partial charge on any atom is -0.419 e. The van der Waals surface area contributed by atoms with Gasteiger partial charge in [-0.25, -0.2) is 13.6 Å². The van der Waals surface area contributed by atoms with Crippen LogP contribution in [0.4, 0.5) is 22.0 Å².